The molecule has 1 fully saturated rings. The standard InChI is InChI=1S/C16H21N3O3/c1-12(20)19(14-8-6-13(17)7-9-14)16(22)15(21)18-10-4-2-3-5-11-18/h6-9H,2-5,10-11,17H2,1H3. The molecule has 1 heterocycles. The van der Waals surface area contributed by atoms with Gasteiger partial charge in [-0.1, -0.05) is 12.8 Å². The van der Waals surface area contributed by atoms with E-state index in [1.165, 1.54) is 6.92 Å². The molecule has 2 N–H and O–H groups in total. The highest BCUT2D eigenvalue weighted by Crippen LogP contribution is 2.18. The highest BCUT2D eigenvalue weighted by atomic mass is 16.2. The van der Waals surface area contributed by atoms with E-state index in [9.17, 15) is 14.4 Å². The smallest absolute Gasteiger partial charge is 0.323 e. The Hall–Kier alpha value is -2.37. The van der Waals surface area contributed by atoms with Crippen LogP contribution in [0.25, 0.3) is 0 Å². The van der Waals surface area contributed by atoms with Gasteiger partial charge < -0.3 is 10.6 Å². The van der Waals surface area contributed by atoms with Crippen molar-refractivity contribution >= 4 is 29.1 Å². The number of nitrogens with two attached hydrogens (primary N) is 1. The molecule has 0 spiro atoms. The lowest BCUT2D eigenvalue weighted by Crippen LogP contribution is -2.47. The van der Waals surface area contributed by atoms with Crippen LogP contribution in [0, 0.1) is 0 Å². The van der Waals surface area contributed by atoms with Crippen LogP contribution in [0.15, 0.2) is 24.3 Å². The van der Waals surface area contributed by atoms with Crippen molar-refractivity contribution < 1.29 is 14.4 Å². The van der Waals surface area contributed by atoms with Gasteiger partial charge in [0.05, 0.1) is 5.69 Å². The summed E-state index contributed by atoms with van der Waals surface area (Å²) >= 11 is 0. The van der Waals surface area contributed by atoms with E-state index in [0.717, 1.165) is 30.6 Å². The molecule has 22 heavy (non-hydrogen) atoms. The average molecular weight is 303 g/mol. The fourth-order valence-corrected chi connectivity index (χ4v) is 2.57. The molecule has 1 aromatic rings. The second kappa shape index (κ2) is 7.06. The SMILES string of the molecule is CC(=O)N(C(=O)C(=O)N1CCCCCC1)c1ccc(N)cc1. The van der Waals surface area contributed by atoms with Gasteiger partial charge in [-0.15, -0.1) is 0 Å². The number of likely N-dealkylation sites (tertiary alicyclic amines) is 1. The zero-order chi connectivity index (χ0) is 16.1. The van der Waals surface area contributed by atoms with Gasteiger partial charge in [0.15, 0.2) is 0 Å². The van der Waals surface area contributed by atoms with Gasteiger partial charge in [-0.2, -0.15) is 0 Å². The molecule has 0 saturated carbocycles. The lowest BCUT2D eigenvalue weighted by molar-refractivity contribution is -0.145. The van der Waals surface area contributed by atoms with Crippen molar-refractivity contribution in [2.75, 3.05) is 23.7 Å². The minimum absolute atomic E-state index is 0.356. The van der Waals surface area contributed by atoms with Crippen molar-refractivity contribution in [3.8, 4) is 0 Å². The zero-order valence-corrected chi connectivity index (χ0v) is 12.7. The van der Waals surface area contributed by atoms with Crippen molar-refractivity contribution in [2.24, 2.45) is 0 Å². The molecule has 1 aliphatic rings. The van der Waals surface area contributed by atoms with E-state index in [1.54, 1.807) is 29.2 Å². The largest absolute Gasteiger partial charge is 0.399 e. The monoisotopic (exact) mass is 303 g/mol. The third kappa shape index (κ3) is 3.63. The third-order valence-corrected chi connectivity index (χ3v) is 3.75. The summed E-state index contributed by atoms with van der Waals surface area (Å²) in [5, 5.41) is 0. The molecule has 2 rings (SSSR count). The maximum atomic E-state index is 12.5. The van der Waals surface area contributed by atoms with Gasteiger partial charge in [0.2, 0.25) is 5.91 Å². The molecule has 0 unspecified atom stereocenters. The predicted molar refractivity (Wildman–Crippen MR) is 84.1 cm³/mol. The minimum Gasteiger partial charge on any atom is -0.399 e. The zero-order valence-electron chi connectivity index (χ0n) is 12.7. The van der Waals surface area contributed by atoms with E-state index >= 15 is 0 Å². The summed E-state index contributed by atoms with van der Waals surface area (Å²) in [7, 11) is 0. The summed E-state index contributed by atoms with van der Waals surface area (Å²) in [4.78, 5) is 39.1. The number of nitrogens with zero attached hydrogens (tertiary/aromatic N) is 2. The van der Waals surface area contributed by atoms with Crippen LogP contribution in [-0.4, -0.2) is 35.7 Å². The summed E-state index contributed by atoms with van der Waals surface area (Å²) in [6, 6.07) is 6.30. The number of nitrogen functional groups attached to an aromatic ring is 1. The number of rotatable bonds is 1. The van der Waals surface area contributed by atoms with Crippen molar-refractivity contribution in [3.63, 3.8) is 0 Å². The Labute approximate surface area is 129 Å². The summed E-state index contributed by atoms with van der Waals surface area (Å²) in [5.41, 5.74) is 6.49. The fourth-order valence-electron chi connectivity index (χ4n) is 2.57. The quantitative estimate of drug-likeness (QED) is 0.630. The van der Waals surface area contributed by atoms with Gasteiger partial charge in [-0.3, -0.25) is 14.4 Å². The molecular formula is C16H21N3O3. The van der Waals surface area contributed by atoms with E-state index < -0.39 is 17.7 Å². The Morgan fingerprint density at radius 3 is 2.05 bits per heavy atom. The van der Waals surface area contributed by atoms with Gasteiger partial charge in [0, 0.05) is 25.7 Å². The second-order valence-corrected chi connectivity index (χ2v) is 5.46. The summed E-state index contributed by atoms with van der Waals surface area (Å²) in [6.07, 6.45) is 3.90. The molecule has 6 heteroatoms. The van der Waals surface area contributed by atoms with Crippen LogP contribution in [0.2, 0.25) is 0 Å². The van der Waals surface area contributed by atoms with Gasteiger partial charge in [-0.05, 0) is 37.1 Å². The van der Waals surface area contributed by atoms with Crippen LogP contribution in [-0.2, 0) is 14.4 Å². The number of hydrogen-bond donors (Lipinski definition) is 1. The fraction of sp³-hybridized carbons (Fsp3) is 0.438. The molecule has 1 saturated heterocycles. The molecule has 118 valence electrons. The normalized spacial score (nSPS) is 15.0. The van der Waals surface area contributed by atoms with E-state index in [2.05, 4.69) is 0 Å². The van der Waals surface area contributed by atoms with Crippen LogP contribution in [0.3, 0.4) is 0 Å². The molecule has 1 aromatic carbocycles. The van der Waals surface area contributed by atoms with E-state index in [1.807, 2.05) is 0 Å². The van der Waals surface area contributed by atoms with E-state index in [4.69, 9.17) is 5.73 Å². The molecule has 0 radical (unpaired) electrons. The number of hydrogen-bond acceptors (Lipinski definition) is 4. The number of amides is 3. The Morgan fingerprint density at radius 1 is 1.00 bits per heavy atom. The molecular weight excluding hydrogens is 282 g/mol. The topological polar surface area (TPSA) is 83.7 Å². The van der Waals surface area contributed by atoms with Crippen molar-refractivity contribution in [1.29, 1.82) is 0 Å². The molecule has 0 aromatic heterocycles. The van der Waals surface area contributed by atoms with Gasteiger partial charge in [0.25, 0.3) is 0 Å². The first-order valence-corrected chi connectivity index (χ1v) is 7.50. The Bertz CT molecular complexity index is 561. The van der Waals surface area contributed by atoms with Gasteiger partial charge in [-0.25, -0.2) is 4.90 Å². The molecule has 0 bridgehead atoms. The van der Waals surface area contributed by atoms with Crippen molar-refractivity contribution in [2.45, 2.75) is 32.6 Å². The van der Waals surface area contributed by atoms with Crippen LogP contribution in [0.1, 0.15) is 32.6 Å². The Morgan fingerprint density at radius 2 is 1.55 bits per heavy atom. The van der Waals surface area contributed by atoms with Crippen LogP contribution in [0.4, 0.5) is 11.4 Å². The number of benzene rings is 1. The first-order chi connectivity index (χ1) is 10.5. The number of anilines is 2. The second-order valence-electron chi connectivity index (χ2n) is 5.46. The molecule has 3 amide bonds. The van der Waals surface area contributed by atoms with E-state index in [0.29, 0.717) is 24.5 Å². The average Bonchev–Trinajstić information content (AvgIpc) is 2.77. The maximum Gasteiger partial charge on any atom is 0.323 e. The van der Waals surface area contributed by atoms with E-state index in [-0.39, 0.29) is 0 Å². The van der Waals surface area contributed by atoms with Crippen molar-refractivity contribution in [3.05, 3.63) is 24.3 Å². The third-order valence-electron chi connectivity index (χ3n) is 3.75. The molecule has 0 aliphatic carbocycles. The number of carbonyl (C=O) groups is 3. The Kier molecular flexibility index (Phi) is 5.14. The molecule has 0 atom stereocenters. The highest BCUT2D eigenvalue weighted by molar-refractivity contribution is 6.45. The van der Waals surface area contributed by atoms with Crippen LogP contribution in [0.5, 0.6) is 0 Å². The van der Waals surface area contributed by atoms with Gasteiger partial charge >= 0.3 is 11.8 Å². The molecule has 1 aliphatic heterocycles. The summed E-state index contributed by atoms with van der Waals surface area (Å²) < 4.78 is 0. The predicted octanol–water partition coefficient (Wildman–Crippen LogP) is 1.55. The minimum atomic E-state index is -0.806. The molecule has 6 nitrogen and oxygen atoms in total. The van der Waals surface area contributed by atoms with Gasteiger partial charge in [0.1, 0.15) is 0 Å². The summed E-state index contributed by atoms with van der Waals surface area (Å²) in [6.45, 7) is 2.40. The van der Waals surface area contributed by atoms with Crippen LogP contribution < -0.4 is 10.6 Å². The van der Waals surface area contributed by atoms with Crippen molar-refractivity contribution in [1.82, 2.24) is 4.90 Å². The van der Waals surface area contributed by atoms with Crippen LogP contribution >= 0.6 is 0 Å². The Balaban J connectivity index is 2.20. The number of imide groups is 1. The lowest BCUT2D eigenvalue weighted by atomic mass is 10.2. The number of carbonyl (C=O) groups excluding carboxylic acids is 3. The first-order valence-electron chi connectivity index (χ1n) is 7.50. The first kappa shape index (κ1) is 16.0. The lowest BCUT2D eigenvalue weighted by Gasteiger charge is -2.24. The summed E-state index contributed by atoms with van der Waals surface area (Å²) in [5.74, 6) is -1.91. The maximum absolute atomic E-state index is 12.5. The highest BCUT2D eigenvalue weighted by Gasteiger charge is 2.30.